The molecular weight excluding hydrogens is 613 g/mol. The van der Waals surface area contributed by atoms with Gasteiger partial charge in [0.05, 0.1) is 40.3 Å². The minimum Gasteiger partial charge on any atom is -0.481 e. The van der Waals surface area contributed by atoms with E-state index >= 15 is 0 Å². The Morgan fingerprint density at radius 2 is 1.75 bits per heavy atom. The molecule has 1 aromatic heterocycles. The van der Waals surface area contributed by atoms with Crippen molar-refractivity contribution in [2.24, 2.45) is 22.7 Å². The molecule has 0 radical (unpaired) electrons. The second-order valence-electron chi connectivity index (χ2n) is 13.0. The molecule has 1 aromatic carbocycles. The quantitative estimate of drug-likeness (QED) is 0.230. The van der Waals surface area contributed by atoms with Crippen LogP contribution in [-0.4, -0.2) is 56.6 Å². The number of hydrogen-bond acceptors (Lipinski definition) is 5. The van der Waals surface area contributed by atoms with Crippen LogP contribution in [-0.2, 0) is 11.0 Å². The Kier molecular flexibility index (Phi) is 8.26. The van der Waals surface area contributed by atoms with Crippen LogP contribution in [0.3, 0.4) is 0 Å². The van der Waals surface area contributed by atoms with Crippen LogP contribution in [0.1, 0.15) is 91.7 Å². The van der Waals surface area contributed by atoms with Gasteiger partial charge in [-0.15, -0.1) is 0 Å². The number of fused-ring (bicyclic) bond motifs is 1. The van der Waals surface area contributed by atoms with Gasteiger partial charge in [-0.05, 0) is 74.8 Å². The molecule has 0 aliphatic heterocycles. The van der Waals surface area contributed by atoms with Gasteiger partial charge >= 0.3 is 18.8 Å². The predicted molar refractivity (Wildman–Crippen MR) is 148 cm³/mol. The van der Waals surface area contributed by atoms with Crippen LogP contribution in [0.2, 0.25) is 5.02 Å². The van der Waals surface area contributed by atoms with E-state index in [4.69, 9.17) is 11.6 Å². The summed E-state index contributed by atoms with van der Waals surface area (Å²) in [6.07, 6.45) is -2.73. The van der Waals surface area contributed by atoms with Gasteiger partial charge in [-0.3, -0.25) is 19.1 Å². The number of alkyl halides is 5. The first-order valence-corrected chi connectivity index (χ1v) is 14.8. The maximum atomic E-state index is 14.6. The van der Waals surface area contributed by atoms with Gasteiger partial charge in [-0.25, -0.2) is 0 Å². The number of carboxylic acid groups (broad SMARTS) is 1. The summed E-state index contributed by atoms with van der Waals surface area (Å²) in [5, 5.41) is 13.3. The van der Waals surface area contributed by atoms with E-state index in [-0.39, 0.29) is 48.0 Å². The smallest absolute Gasteiger partial charge is 0.433 e. The number of hydrogen-bond donors (Lipinski definition) is 1. The molecular formula is C30H33ClF5N3O5. The minimum absolute atomic E-state index is 0.00366. The molecule has 5 rings (SSSR count). The van der Waals surface area contributed by atoms with Crippen LogP contribution in [0.25, 0.3) is 0 Å². The maximum Gasteiger partial charge on any atom is 0.433 e. The van der Waals surface area contributed by atoms with Crippen molar-refractivity contribution in [1.82, 2.24) is 14.7 Å². The zero-order chi connectivity index (χ0) is 32.4. The van der Waals surface area contributed by atoms with E-state index in [2.05, 4.69) is 23.7 Å². The van der Waals surface area contributed by atoms with Gasteiger partial charge in [0.1, 0.15) is 5.75 Å². The van der Waals surface area contributed by atoms with Gasteiger partial charge in [0.2, 0.25) is 0 Å². The van der Waals surface area contributed by atoms with Gasteiger partial charge in [0.25, 0.3) is 5.91 Å². The Labute approximate surface area is 255 Å². The molecule has 44 heavy (non-hydrogen) atoms. The van der Waals surface area contributed by atoms with Gasteiger partial charge in [0, 0.05) is 6.04 Å². The van der Waals surface area contributed by atoms with Crippen LogP contribution in [0, 0.1) is 22.7 Å². The number of rotatable bonds is 9. The van der Waals surface area contributed by atoms with Gasteiger partial charge in [-0.2, -0.15) is 27.1 Å². The van der Waals surface area contributed by atoms with Gasteiger partial charge < -0.3 is 14.7 Å². The second-order valence-corrected chi connectivity index (χ2v) is 13.4. The van der Waals surface area contributed by atoms with Crippen molar-refractivity contribution < 1.29 is 46.2 Å². The molecule has 3 aliphatic rings. The fraction of sp³-hybridized carbons (Fsp3) is 0.600. The van der Waals surface area contributed by atoms with Crippen molar-refractivity contribution in [2.45, 2.75) is 84.2 Å². The molecule has 3 aliphatic carbocycles. The number of ketones is 1. The van der Waals surface area contributed by atoms with Crippen LogP contribution >= 0.6 is 11.6 Å². The SMILES string of the molecule is CC1(C(=O)O)CCC(n2ncc(C(=O)N(CC(=O)c3c(Cl)cccc3OC(F)F)C3CC4C(C3)C4(C)C)c2C(F)(F)F)CC1. The fourth-order valence-electron chi connectivity index (χ4n) is 7.23. The number of halogens is 6. The zero-order valence-electron chi connectivity index (χ0n) is 24.3. The zero-order valence-corrected chi connectivity index (χ0v) is 25.1. The number of Topliss-reactive ketones (excluding diaryl/α,β-unsaturated/α-hetero) is 1. The Hall–Kier alpha value is -3.22. The Bertz CT molecular complexity index is 1450. The summed E-state index contributed by atoms with van der Waals surface area (Å²) in [4.78, 5) is 40.3. The van der Waals surface area contributed by atoms with Crippen molar-refractivity contribution in [3.05, 3.63) is 46.2 Å². The monoisotopic (exact) mass is 645 g/mol. The van der Waals surface area contributed by atoms with Crippen molar-refractivity contribution in [3.8, 4) is 5.75 Å². The Balaban J connectivity index is 1.49. The predicted octanol–water partition coefficient (Wildman–Crippen LogP) is 7.12. The molecule has 2 unspecified atom stereocenters. The van der Waals surface area contributed by atoms with E-state index in [0.717, 1.165) is 21.8 Å². The third kappa shape index (κ3) is 5.79. The topological polar surface area (TPSA) is 102 Å². The first kappa shape index (κ1) is 32.2. The summed E-state index contributed by atoms with van der Waals surface area (Å²) in [6.45, 7) is 1.70. The summed E-state index contributed by atoms with van der Waals surface area (Å²) in [5.74, 6) is -3.02. The molecule has 3 saturated carbocycles. The number of ether oxygens (including phenoxy) is 1. The van der Waals surface area contributed by atoms with Gasteiger partial charge in [0.15, 0.2) is 11.5 Å². The summed E-state index contributed by atoms with van der Waals surface area (Å²) in [7, 11) is 0. The molecule has 2 atom stereocenters. The molecule has 1 amide bonds. The van der Waals surface area contributed by atoms with E-state index in [1.165, 1.54) is 12.1 Å². The highest BCUT2D eigenvalue weighted by Gasteiger charge is 2.63. The Morgan fingerprint density at radius 1 is 1.14 bits per heavy atom. The molecule has 2 aromatic rings. The first-order chi connectivity index (χ1) is 20.5. The number of nitrogens with zero attached hydrogens (tertiary/aromatic N) is 3. The number of aromatic nitrogens is 2. The summed E-state index contributed by atoms with van der Waals surface area (Å²) < 4.78 is 75.2. The van der Waals surface area contributed by atoms with E-state index in [0.29, 0.717) is 12.8 Å². The number of carbonyl (C=O) groups excluding carboxylic acids is 2. The second kappa shape index (κ2) is 11.3. The van der Waals surface area contributed by atoms with Gasteiger partial charge in [-0.1, -0.05) is 31.5 Å². The molecule has 3 fully saturated rings. The van der Waals surface area contributed by atoms with Crippen molar-refractivity contribution in [3.63, 3.8) is 0 Å². The molecule has 0 saturated heterocycles. The van der Waals surface area contributed by atoms with Crippen molar-refractivity contribution >= 4 is 29.3 Å². The number of carbonyl (C=O) groups is 3. The summed E-state index contributed by atoms with van der Waals surface area (Å²) in [6, 6.07) is 2.36. The largest absolute Gasteiger partial charge is 0.481 e. The molecule has 14 heteroatoms. The van der Waals surface area contributed by atoms with Crippen LogP contribution < -0.4 is 4.74 Å². The van der Waals surface area contributed by atoms with E-state index in [9.17, 15) is 41.4 Å². The highest BCUT2D eigenvalue weighted by molar-refractivity contribution is 6.34. The van der Waals surface area contributed by atoms with Crippen molar-refractivity contribution in [1.29, 1.82) is 0 Å². The normalized spacial score (nSPS) is 27.6. The molecule has 8 nitrogen and oxygen atoms in total. The number of benzene rings is 1. The first-order valence-electron chi connectivity index (χ1n) is 14.4. The average Bonchev–Trinajstić information content (AvgIpc) is 3.35. The van der Waals surface area contributed by atoms with Crippen molar-refractivity contribution in [2.75, 3.05) is 6.54 Å². The minimum atomic E-state index is -4.99. The number of aliphatic carboxylic acids is 1. The average molecular weight is 646 g/mol. The molecule has 1 N–H and O–H groups in total. The third-order valence-electron chi connectivity index (χ3n) is 10.0. The lowest BCUT2D eigenvalue weighted by Crippen LogP contribution is -2.44. The van der Waals surface area contributed by atoms with Crippen LogP contribution in [0.5, 0.6) is 5.75 Å². The lowest BCUT2D eigenvalue weighted by molar-refractivity contribution is -0.152. The maximum absolute atomic E-state index is 14.6. The highest BCUT2D eigenvalue weighted by Crippen LogP contribution is 2.67. The number of amides is 1. The third-order valence-corrected chi connectivity index (χ3v) is 10.4. The molecule has 1 heterocycles. The lowest BCUT2D eigenvalue weighted by Gasteiger charge is -2.35. The summed E-state index contributed by atoms with van der Waals surface area (Å²) in [5.41, 5.74) is -3.47. The lowest BCUT2D eigenvalue weighted by atomic mass is 9.74. The highest BCUT2D eigenvalue weighted by atomic mass is 35.5. The molecule has 0 spiro atoms. The van der Waals surface area contributed by atoms with E-state index in [1.807, 2.05) is 0 Å². The molecule has 0 bridgehead atoms. The number of carboxylic acids is 1. The summed E-state index contributed by atoms with van der Waals surface area (Å²) >= 11 is 6.18. The van der Waals surface area contributed by atoms with E-state index < -0.39 is 77.1 Å². The van der Waals surface area contributed by atoms with Crippen LogP contribution in [0.15, 0.2) is 24.4 Å². The van der Waals surface area contributed by atoms with E-state index in [1.54, 1.807) is 6.92 Å². The fourth-order valence-corrected chi connectivity index (χ4v) is 7.50. The molecule has 240 valence electrons. The van der Waals surface area contributed by atoms with Crippen LogP contribution in [0.4, 0.5) is 22.0 Å². The standard InChI is InChI=1S/C30H33ClF5N3O5/c1-28(2)18-11-16(12-19(18)28)38(14-21(40)23-20(31)5-4-6-22(23)44-27(32)33)25(41)17-13-37-39(24(17)30(34,35)36)15-7-9-29(3,10-8-15)26(42)43/h4-6,13,15-16,18-19,27H,7-12,14H2,1-3H3,(H,42,43). The Morgan fingerprint density at radius 3 is 2.30 bits per heavy atom.